The van der Waals surface area contributed by atoms with Gasteiger partial charge in [0.25, 0.3) is 5.91 Å². The van der Waals surface area contributed by atoms with Crippen LogP contribution in [-0.2, 0) is 9.53 Å². The van der Waals surface area contributed by atoms with Crippen LogP contribution in [0.4, 0.5) is 4.79 Å². The van der Waals surface area contributed by atoms with Crippen molar-refractivity contribution in [1.82, 2.24) is 10.6 Å². The molecule has 0 aromatic heterocycles. The van der Waals surface area contributed by atoms with Crippen LogP contribution < -0.4 is 20.1 Å². The molecule has 0 bridgehead atoms. The van der Waals surface area contributed by atoms with Crippen molar-refractivity contribution in [2.75, 3.05) is 20.8 Å². The van der Waals surface area contributed by atoms with Crippen LogP contribution in [0.3, 0.4) is 0 Å². The molecular formula is C21H22N2O7. The van der Waals surface area contributed by atoms with E-state index in [4.69, 9.17) is 14.2 Å². The van der Waals surface area contributed by atoms with E-state index in [9.17, 15) is 19.2 Å². The highest BCUT2D eigenvalue weighted by Crippen LogP contribution is 2.34. The summed E-state index contributed by atoms with van der Waals surface area (Å²) in [5.41, 5.74) is 0.134. The quantitative estimate of drug-likeness (QED) is 0.502. The summed E-state index contributed by atoms with van der Waals surface area (Å²) in [5.74, 6) is -1.65. The van der Waals surface area contributed by atoms with Crippen molar-refractivity contribution in [1.29, 1.82) is 0 Å². The number of carbonyl (C=O) groups excluding carboxylic acids is 4. The Morgan fingerprint density at radius 1 is 1.03 bits per heavy atom. The van der Waals surface area contributed by atoms with Crippen LogP contribution in [0.5, 0.6) is 11.5 Å². The van der Waals surface area contributed by atoms with E-state index in [0.717, 1.165) is 0 Å². The predicted octanol–water partition coefficient (Wildman–Crippen LogP) is 2.26. The third-order valence-electron chi connectivity index (χ3n) is 4.05. The summed E-state index contributed by atoms with van der Waals surface area (Å²) >= 11 is 0. The van der Waals surface area contributed by atoms with E-state index < -0.39 is 24.0 Å². The molecule has 30 heavy (non-hydrogen) atoms. The topological polar surface area (TPSA) is 120 Å². The Morgan fingerprint density at radius 3 is 2.30 bits per heavy atom. The second-order valence-corrected chi connectivity index (χ2v) is 5.93. The molecule has 2 N–H and O–H groups in total. The molecule has 0 aliphatic carbocycles. The molecule has 2 aromatic rings. The van der Waals surface area contributed by atoms with E-state index in [1.807, 2.05) is 0 Å². The summed E-state index contributed by atoms with van der Waals surface area (Å²) in [6, 6.07) is 10.3. The number of hydrogen-bond donors (Lipinski definition) is 2. The Balaban J connectivity index is 2.43. The fourth-order valence-electron chi connectivity index (χ4n) is 2.70. The van der Waals surface area contributed by atoms with Crippen LogP contribution in [0.2, 0.25) is 0 Å². The number of hydrogen-bond acceptors (Lipinski definition) is 7. The number of methoxy groups -OCH3 is 2. The Hall–Kier alpha value is -3.88. The Labute approximate surface area is 173 Å². The summed E-state index contributed by atoms with van der Waals surface area (Å²) in [6.07, 6.45) is -0.984. The lowest BCUT2D eigenvalue weighted by Gasteiger charge is -2.19. The number of urea groups is 1. The number of rotatable bonds is 8. The third kappa shape index (κ3) is 5.13. The lowest BCUT2D eigenvalue weighted by Crippen LogP contribution is -2.42. The first kappa shape index (κ1) is 22.4. The van der Waals surface area contributed by atoms with Crippen LogP contribution in [0, 0.1) is 0 Å². The van der Waals surface area contributed by atoms with Crippen LogP contribution in [0.1, 0.15) is 39.3 Å². The van der Waals surface area contributed by atoms with Gasteiger partial charge in [0.05, 0.1) is 14.2 Å². The average Bonchev–Trinajstić information content (AvgIpc) is 2.76. The number of benzene rings is 2. The summed E-state index contributed by atoms with van der Waals surface area (Å²) < 4.78 is 15.8. The maximum atomic E-state index is 13.0. The van der Waals surface area contributed by atoms with Crippen LogP contribution in [0.15, 0.2) is 42.5 Å². The van der Waals surface area contributed by atoms with Gasteiger partial charge in [0.15, 0.2) is 17.8 Å². The normalized spacial score (nSPS) is 11.0. The van der Waals surface area contributed by atoms with Crippen LogP contribution in [0.25, 0.3) is 0 Å². The van der Waals surface area contributed by atoms with Gasteiger partial charge in [-0.1, -0.05) is 30.3 Å². The maximum Gasteiger partial charge on any atom is 0.343 e. The Kier molecular flexibility index (Phi) is 7.92. The smallest absolute Gasteiger partial charge is 0.343 e. The molecule has 2 aromatic carbocycles. The van der Waals surface area contributed by atoms with Crippen LogP contribution >= 0.6 is 0 Å². The molecule has 0 spiro atoms. The summed E-state index contributed by atoms with van der Waals surface area (Å²) in [5, 5.41) is 4.55. The standard InChI is InChI=1S/C21H22N2O7/c1-4-22-21(27)23-19(25)17(13-8-6-5-7-9-13)30-20(26)16-14(12-24)10-11-15(28-2)18(16)29-3/h5-12,17H,4H2,1-3H3,(H2,22,23,25,27)/t17-/m1/s1. The minimum atomic E-state index is -1.45. The molecule has 2 rings (SSSR count). The number of nitrogens with one attached hydrogen (secondary N) is 2. The summed E-state index contributed by atoms with van der Waals surface area (Å²) in [6.45, 7) is 1.99. The first-order chi connectivity index (χ1) is 14.5. The second-order valence-electron chi connectivity index (χ2n) is 5.93. The van der Waals surface area contributed by atoms with Gasteiger partial charge in [-0.3, -0.25) is 14.9 Å². The molecule has 158 valence electrons. The van der Waals surface area contributed by atoms with Crippen molar-refractivity contribution in [3.8, 4) is 11.5 Å². The van der Waals surface area contributed by atoms with E-state index in [2.05, 4.69) is 10.6 Å². The van der Waals surface area contributed by atoms with E-state index in [-0.39, 0.29) is 22.6 Å². The zero-order valence-electron chi connectivity index (χ0n) is 16.8. The van der Waals surface area contributed by atoms with E-state index in [1.165, 1.54) is 26.4 Å². The van der Waals surface area contributed by atoms with Gasteiger partial charge in [-0.15, -0.1) is 0 Å². The zero-order valence-corrected chi connectivity index (χ0v) is 16.8. The van der Waals surface area contributed by atoms with E-state index in [1.54, 1.807) is 37.3 Å². The van der Waals surface area contributed by atoms with Gasteiger partial charge >= 0.3 is 12.0 Å². The van der Waals surface area contributed by atoms with Gasteiger partial charge < -0.3 is 19.5 Å². The third-order valence-corrected chi connectivity index (χ3v) is 4.05. The van der Waals surface area contributed by atoms with Gasteiger partial charge in [0, 0.05) is 17.7 Å². The van der Waals surface area contributed by atoms with Crippen molar-refractivity contribution in [2.24, 2.45) is 0 Å². The van der Waals surface area contributed by atoms with E-state index in [0.29, 0.717) is 18.4 Å². The highest BCUT2D eigenvalue weighted by atomic mass is 16.6. The largest absolute Gasteiger partial charge is 0.493 e. The molecule has 0 aliphatic rings. The molecule has 3 amide bonds. The van der Waals surface area contributed by atoms with Crippen LogP contribution in [-0.4, -0.2) is 45.0 Å². The molecule has 9 heteroatoms. The number of imide groups is 1. The molecule has 0 heterocycles. The average molecular weight is 414 g/mol. The summed E-state index contributed by atoms with van der Waals surface area (Å²) in [4.78, 5) is 48.9. The maximum absolute atomic E-state index is 13.0. The van der Waals surface area contributed by atoms with Crippen molar-refractivity contribution in [3.63, 3.8) is 0 Å². The van der Waals surface area contributed by atoms with E-state index >= 15 is 0 Å². The first-order valence-corrected chi connectivity index (χ1v) is 9.01. The molecule has 0 saturated heterocycles. The minimum Gasteiger partial charge on any atom is -0.493 e. The van der Waals surface area contributed by atoms with Gasteiger partial charge in [0.1, 0.15) is 5.56 Å². The number of aldehydes is 1. The SMILES string of the molecule is CCNC(=O)NC(=O)[C@H](OC(=O)c1c(C=O)ccc(OC)c1OC)c1ccccc1. The number of carbonyl (C=O) groups is 4. The highest BCUT2D eigenvalue weighted by Gasteiger charge is 2.30. The molecule has 0 aliphatic heterocycles. The summed E-state index contributed by atoms with van der Waals surface area (Å²) in [7, 11) is 2.68. The minimum absolute atomic E-state index is 0.00593. The lowest BCUT2D eigenvalue weighted by atomic mass is 10.1. The molecule has 0 saturated carbocycles. The fourth-order valence-corrected chi connectivity index (χ4v) is 2.70. The van der Waals surface area contributed by atoms with Crippen molar-refractivity contribution in [2.45, 2.75) is 13.0 Å². The molecule has 0 fully saturated rings. The first-order valence-electron chi connectivity index (χ1n) is 9.01. The molecule has 0 unspecified atom stereocenters. The Morgan fingerprint density at radius 2 is 1.73 bits per heavy atom. The monoisotopic (exact) mass is 414 g/mol. The van der Waals surface area contributed by atoms with Crippen molar-refractivity contribution >= 4 is 24.2 Å². The second kappa shape index (κ2) is 10.6. The van der Waals surface area contributed by atoms with Crippen molar-refractivity contribution < 1.29 is 33.4 Å². The van der Waals surface area contributed by atoms with Gasteiger partial charge in [-0.05, 0) is 19.1 Å². The highest BCUT2D eigenvalue weighted by molar-refractivity contribution is 6.04. The Bertz CT molecular complexity index is 928. The van der Waals surface area contributed by atoms with Crippen molar-refractivity contribution in [3.05, 3.63) is 59.2 Å². The molecule has 9 nitrogen and oxygen atoms in total. The molecule has 0 radical (unpaired) electrons. The molecule has 1 atom stereocenters. The number of ether oxygens (including phenoxy) is 3. The predicted molar refractivity (Wildman–Crippen MR) is 107 cm³/mol. The van der Waals surface area contributed by atoms with Gasteiger partial charge in [-0.25, -0.2) is 9.59 Å². The van der Waals surface area contributed by atoms with Gasteiger partial charge in [0.2, 0.25) is 6.10 Å². The zero-order chi connectivity index (χ0) is 22.1. The van der Waals surface area contributed by atoms with Gasteiger partial charge in [-0.2, -0.15) is 0 Å². The molecular weight excluding hydrogens is 392 g/mol. The lowest BCUT2D eigenvalue weighted by molar-refractivity contribution is -0.129. The fraction of sp³-hybridized carbons (Fsp3) is 0.238. The number of esters is 1. The number of amides is 3.